The smallest absolute Gasteiger partial charge is 0.371 e. The normalized spacial score (nSPS) is 11.8. The summed E-state index contributed by atoms with van der Waals surface area (Å²) in [6.45, 7) is 0. The molecule has 0 amide bonds. The molecule has 0 saturated heterocycles. The molecule has 19 heavy (non-hydrogen) atoms. The first-order chi connectivity index (χ1) is 9.03. The second kappa shape index (κ2) is 4.22. The van der Waals surface area contributed by atoms with Crippen molar-refractivity contribution in [3.63, 3.8) is 0 Å². The molecule has 3 aromatic carbocycles. The van der Waals surface area contributed by atoms with E-state index < -0.39 is 10.3 Å². The van der Waals surface area contributed by atoms with Crippen molar-refractivity contribution < 1.29 is 12.6 Å². The molecule has 96 valence electrons. The van der Waals surface area contributed by atoms with Gasteiger partial charge in [-0.1, -0.05) is 42.5 Å². The highest BCUT2D eigenvalue weighted by Crippen LogP contribution is 2.28. The maximum absolute atomic E-state index is 11.0. The van der Waals surface area contributed by atoms with E-state index in [9.17, 15) is 8.42 Å². The Morgan fingerprint density at radius 1 is 0.842 bits per heavy atom. The summed E-state index contributed by atoms with van der Waals surface area (Å²) in [5.74, 6) is 0.214. The third-order valence-electron chi connectivity index (χ3n) is 2.93. The van der Waals surface area contributed by atoms with Crippen molar-refractivity contribution in [3.8, 4) is 5.75 Å². The van der Waals surface area contributed by atoms with Gasteiger partial charge in [-0.15, -0.1) is 0 Å². The number of fused-ring (bicyclic) bond motifs is 3. The lowest BCUT2D eigenvalue weighted by Crippen LogP contribution is -2.18. The van der Waals surface area contributed by atoms with Crippen molar-refractivity contribution in [2.45, 2.75) is 0 Å². The van der Waals surface area contributed by atoms with Gasteiger partial charge < -0.3 is 4.18 Å². The van der Waals surface area contributed by atoms with Crippen molar-refractivity contribution in [1.82, 2.24) is 0 Å². The van der Waals surface area contributed by atoms with E-state index in [2.05, 4.69) is 0 Å². The molecule has 4 nitrogen and oxygen atoms in total. The Morgan fingerprint density at radius 3 is 2.21 bits per heavy atom. The van der Waals surface area contributed by atoms with Gasteiger partial charge in [0, 0.05) is 0 Å². The van der Waals surface area contributed by atoms with Crippen LogP contribution in [0.25, 0.3) is 21.5 Å². The minimum atomic E-state index is -4.00. The van der Waals surface area contributed by atoms with Crippen LogP contribution in [0.3, 0.4) is 0 Å². The summed E-state index contributed by atoms with van der Waals surface area (Å²) in [5, 5.41) is 8.95. The van der Waals surface area contributed by atoms with Crippen LogP contribution in [0.2, 0.25) is 0 Å². The molecule has 0 aliphatic rings. The summed E-state index contributed by atoms with van der Waals surface area (Å²) in [6, 6.07) is 17.0. The lowest BCUT2D eigenvalue weighted by atomic mass is 10.0. The molecule has 0 spiro atoms. The third kappa shape index (κ3) is 2.38. The minimum absolute atomic E-state index is 0.214. The van der Waals surface area contributed by atoms with E-state index in [4.69, 9.17) is 9.32 Å². The van der Waals surface area contributed by atoms with Gasteiger partial charge in [-0.25, -0.2) is 0 Å². The van der Waals surface area contributed by atoms with Gasteiger partial charge in [0.1, 0.15) is 5.75 Å². The van der Waals surface area contributed by atoms with Gasteiger partial charge in [0.25, 0.3) is 0 Å². The summed E-state index contributed by atoms with van der Waals surface area (Å²) >= 11 is 0. The molecular formula is C14H11NO3S. The lowest BCUT2D eigenvalue weighted by Gasteiger charge is -2.07. The first kappa shape index (κ1) is 12.0. The van der Waals surface area contributed by atoms with Gasteiger partial charge in [0.15, 0.2) is 0 Å². The van der Waals surface area contributed by atoms with Gasteiger partial charge in [0.05, 0.1) is 0 Å². The molecule has 0 unspecified atom stereocenters. The molecule has 5 heteroatoms. The number of rotatable bonds is 2. The zero-order valence-corrected chi connectivity index (χ0v) is 10.7. The van der Waals surface area contributed by atoms with E-state index in [0.717, 1.165) is 21.5 Å². The number of hydrogen-bond acceptors (Lipinski definition) is 3. The van der Waals surface area contributed by atoms with Crippen LogP contribution in [0, 0.1) is 0 Å². The lowest BCUT2D eigenvalue weighted by molar-refractivity contribution is 0.488. The highest BCUT2D eigenvalue weighted by atomic mass is 32.2. The Labute approximate surface area is 110 Å². The molecule has 0 radical (unpaired) electrons. The van der Waals surface area contributed by atoms with Crippen LogP contribution in [-0.2, 0) is 10.3 Å². The molecule has 3 rings (SSSR count). The number of hydrogen-bond donors (Lipinski definition) is 1. The molecule has 3 aromatic rings. The maximum atomic E-state index is 11.0. The zero-order chi connectivity index (χ0) is 13.5. The molecule has 0 bridgehead atoms. The average Bonchev–Trinajstić information content (AvgIpc) is 2.37. The van der Waals surface area contributed by atoms with E-state index in [1.807, 2.05) is 42.5 Å². The van der Waals surface area contributed by atoms with Gasteiger partial charge in [0.2, 0.25) is 0 Å². The van der Waals surface area contributed by atoms with Crippen molar-refractivity contribution in [3.05, 3.63) is 54.6 Å². The summed E-state index contributed by atoms with van der Waals surface area (Å²) in [5.41, 5.74) is 0. The van der Waals surface area contributed by atoms with Gasteiger partial charge in [-0.2, -0.15) is 13.6 Å². The Balaban J connectivity index is 2.28. The zero-order valence-electron chi connectivity index (χ0n) is 9.91. The predicted octanol–water partition coefficient (Wildman–Crippen LogP) is 2.58. The van der Waals surface area contributed by atoms with E-state index in [0.29, 0.717) is 0 Å². The first-order valence-corrected chi connectivity index (χ1v) is 7.14. The van der Waals surface area contributed by atoms with Crippen molar-refractivity contribution in [2.24, 2.45) is 5.14 Å². The Kier molecular flexibility index (Phi) is 2.66. The van der Waals surface area contributed by atoms with Crippen LogP contribution in [0.4, 0.5) is 0 Å². The summed E-state index contributed by atoms with van der Waals surface area (Å²) in [6.07, 6.45) is 0. The fourth-order valence-electron chi connectivity index (χ4n) is 2.17. The second-order valence-electron chi connectivity index (χ2n) is 4.25. The molecule has 0 atom stereocenters. The molecule has 2 N–H and O–H groups in total. The van der Waals surface area contributed by atoms with Crippen LogP contribution in [-0.4, -0.2) is 8.42 Å². The first-order valence-electron chi connectivity index (χ1n) is 5.67. The SMILES string of the molecule is NS(=O)(=O)Oc1ccc2ccc3ccccc3c2c1. The van der Waals surface area contributed by atoms with Gasteiger partial charge in [-0.3, -0.25) is 0 Å². The molecular weight excluding hydrogens is 262 g/mol. The standard InChI is InChI=1S/C14H11NO3S/c15-19(16,17)18-12-8-7-11-6-5-10-3-1-2-4-13(10)14(11)9-12/h1-9H,(H2,15,16,17). The van der Waals surface area contributed by atoms with E-state index in [1.54, 1.807) is 12.1 Å². The Hall–Kier alpha value is -2.11. The fourth-order valence-corrected chi connectivity index (χ4v) is 2.54. The molecule has 0 aromatic heterocycles. The largest absolute Gasteiger partial charge is 0.380 e. The van der Waals surface area contributed by atoms with Crippen LogP contribution < -0.4 is 9.32 Å². The molecule has 0 aliphatic carbocycles. The summed E-state index contributed by atoms with van der Waals surface area (Å²) in [7, 11) is -4.00. The van der Waals surface area contributed by atoms with Crippen LogP contribution in [0.1, 0.15) is 0 Å². The van der Waals surface area contributed by atoms with Gasteiger partial charge >= 0.3 is 10.3 Å². The number of benzene rings is 3. The van der Waals surface area contributed by atoms with Crippen molar-refractivity contribution in [2.75, 3.05) is 0 Å². The summed E-state index contributed by atoms with van der Waals surface area (Å²) in [4.78, 5) is 0. The predicted molar refractivity (Wildman–Crippen MR) is 75.2 cm³/mol. The van der Waals surface area contributed by atoms with E-state index in [1.165, 1.54) is 0 Å². The average molecular weight is 273 g/mol. The highest BCUT2D eigenvalue weighted by Gasteiger charge is 2.07. The molecule has 0 saturated carbocycles. The molecule has 0 aliphatic heterocycles. The molecule has 0 fully saturated rings. The fraction of sp³-hybridized carbons (Fsp3) is 0. The van der Waals surface area contributed by atoms with Crippen molar-refractivity contribution >= 4 is 31.8 Å². The summed E-state index contributed by atoms with van der Waals surface area (Å²) < 4.78 is 26.6. The van der Waals surface area contributed by atoms with E-state index in [-0.39, 0.29) is 5.75 Å². The van der Waals surface area contributed by atoms with Crippen LogP contribution in [0.5, 0.6) is 5.75 Å². The Morgan fingerprint density at radius 2 is 1.47 bits per heavy atom. The van der Waals surface area contributed by atoms with Gasteiger partial charge in [-0.05, 0) is 33.7 Å². The quantitative estimate of drug-likeness (QED) is 0.729. The minimum Gasteiger partial charge on any atom is -0.371 e. The van der Waals surface area contributed by atoms with Crippen LogP contribution in [0.15, 0.2) is 54.6 Å². The Bertz CT molecular complexity index is 872. The maximum Gasteiger partial charge on any atom is 0.380 e. The van der Waals surface area contributed by atoms with Crippen molar-refractivity contribution in [1.29, 1.82) is 0 Å². The van der Waals surface area contributed by atoms with E-state index >= 15 is 0 Å². The topological polar surface area (TPSA) is 69.4 Å². The second-order valence-corrected chi connectivity index (χ2v) is 5.40. The molecule has 0 heterocycles. The third-order valence-corrected chi connectivity index (χ3v) is 3.36. The highest BCUT2D eigenvalue weighted by molar-refractivity contribution is 7.84. The van der Waals surface area contributed by atoms with Crippen LogP contribution >= 0.6 is 0 Å². The number of nitrogens with two attached hydrogens (primary N) is 1. The monoisotopic (exact) mass is 273 g/mol.